The zero-order valence-corrected chi connectivity index (χ0v) is 14.4. The second kappa shape index (κ2) is 6.72. The van der Waals surface area contributed by atoms with Crippen molar-refractivity contribution < 1.29 is 24.1 Å². The van der Waals surface area contributed by atoms with Gasteiger partial charge in [-0.1, -0.05) is 6.92 Å². The van der Waals surface area contributed by atoms with Crippen LogP contribution in [0.1, 0.15) is 46.3 Å². The van der Waals surface area contributed by atoms with Crippen LogP contribution in [0.25, 0.3) is 0 Å². The van der Waals surface area contributed by atoms with Gasteiger partial charge in [0.05, 0.1) is 12.0 Å². The fourth-order valence-electron chi connectivity index (χ4n) is 3.00. The van der Waals surface area contributed by atoms with E-state index in [0.717, 1.165) is 23.8 Å². The number of nitrogens with zero attached hydrogens (tertiary/aromatic N) is 1. The first kappa shape index (κ1) is 19.3. The number of H-pyrrole nitrogens is 1. The first-order valence-corrected chi connectivity index (χ1v) is 8.09. The van der Waals surface area contributed by atoms with E-state index >= 15 is 4.39 Å². The molecule has 1 saturated heterocycles. The number of ether oxygens (including phenoxy) is 1. The third-order valence-corrected chi connectivity index (χ3v) is 5.00. The molecule has 0 spiro atoms. The number of rotatable bonds is 6. The molecule has 0 aliphatic carbocycles. The minimum atomic E-state index is -2.29. The maximum absolute atomic E-state index is 15.3. The van der Waals surface area contributed by atoms with E-state index in [4.69, 9.17) is 9.84 Å². The van der Waals surface area contributed by atoms with Crippen molar-refractivity contribution in [3.8, 4) is 0 Å². The average Bonchev–Trinajstić information content (AvgIpc) is 2.67. The van der Waals surface area contributed by atoms with Crippen LogP contribution >= 0.6 is 0 Å². The van der Waals surface area contributed by atoms with Gasteiger partial charge in [-0.3, -0.25) is 19.1 Å². The third-order valence-electron chi connectivity index (χ3n) is 5.00. The molecule has 25 heavy (non-hydrogen) atoms. The molecule has 9 heteroatoms. The number of nitrogens with one attached hydrogen (secondary N) is 1. The largest absolute Gasteiger partial charge is 0.481 e. The molecule has 1 aliphatic heterocycles. The van der Waals surface area contributed by atoms with Crippen LogP contribution in [0.4, 0.5) is 4.39 Å². The van der Waals surface area contributed by atoms with Gasteiger partial charge in [0.25, 0.3) is 5.56 Å². The number of aromatic amines is 1. The van der Waals surface area contributed by atoms with Gasteiger partial charge in [-0.2, -0.15) is 0 Å². The molecular formula is C16H23FN2O6. The van der Waals surface area contributed by atoms with E-state index in [-0.39, 0.29) is 6.42 Å². The van der Waals surface area contributed by atoms with Crippen molar-refractivity contribution in [1.29, 1.82) is 0 Å². The van der Waals surface area contributed by atoms with E-state index in [9.17, 15) is 19.5 Å². The Hall–Kier alpha value is -2.00. The number of aromatic nitrogens is 2. The Balaban J connectivity index is 2.20. The van der Waals surface area contributed by atoms with Gasteiger partial charge in [-0.25, -0.2) is 9.18 Å². The SMILES string of the molecule is CC(CCC[C@H]1O[C@@H](n2ccc(=O)[nH]c2=O)[C@](C)(F)[C@@]1(C)O)C(=O)O. The van der Waals surface area contributed by atoms with Crippen LogP contribution in [-0.2, 0) is 9.53 Å². The number of carbonyl (C=O) groups is 1. The van der Waals surface area contributed by atoms with Crippen molar-refractivity contribution in [2.75, 3.05) is 0 Å². The average molecular weight is 358 g/mol. The van der Waals surface area contributed by atoms with Crippen molar-refractivity contribution in [3.63, 3.8) is 0 Å². The Morgan fingerprint density at radius 2 is 2.12 bits per heavy atom. The highest BCUT2D eigenvalue weighted by Gasteiger charge is 2.62. The van der Waals surface area contributed by atoms with Crippen LogP contribution in [-0.4, -0.2) is 43.1 Å². The summed E-state index contributed by atoms with van der Waals surface area (Å²) < 4.78 is 21.8. The molecular weight excluding hydrogens is 335 g/mol. The fraction of sp³-hybridized carbons (Fsp3) is 0.688. The molecule has 140 valence electrons. The topological polar surface area (TPSA) is 122 Å². The summed E-state index contributed by atoms with van der Waals surface area (Å²) >= 11 is 0. The molecule has 0 saturated carbocycles. The van der Waals surface area contributed by atoms with Crippen LogP contribution < -0.4 is 11.2 Å². The summed E-state index contributed by atoms with van der Waals surface area (Å²) in [6.07, 6.45) is -0.205. The molecule has 2 rings (SSSR count). The van der Waals surface area contributed by atoms with Crippen LogP contribution in [0, 0.1) is 5.92 Å². The van der Waals surface area contributed by atoms with Gasteiger partial charge in [-0.05, 0) is 33.1 Å². The smallest absolute Gasteiger partial charge is 0.330 e. The molecule has 0 radical (unpaired) electrons. The molecule has 1 aromatic rings. The normalized spacial score (nSPS) is 33.3. The van der Waals surface area contributed by atoms with Crippen molar-refractivity contribution in [2.24, 2.45) is 5.92 Å². The maximum atomic E-state index is 15.3. The lowest BCUT2D eigenvalue weighted by atomic mass is 9.82. The summed E-state index contributed by atoms with van der Waals surface area (Å²) in [7, 11) is 0. The van der Waals surface area contributed by atoms with Gasteiger partial charge >= 0.3 is 11.7 Å². The Bertz CT molecular complexity index is 753. The second-order valence-corrected chi connectivity index (χ2v) is 6.89. The quantitative estimate of drug-likeness (QED) is 0.692. The monoisotopic (exact) mass is 358 g/mol. The summed E-state index contributed by atoms with van der Waals surface area (Å²) in [5, 5.41) is 19.5. The van der Waals surface area contributed by atoms with E-state index in [1.165, 1.54) is 6.92 Å². The summed E-state index contributed by atoms with van der Waals surface area (Å²) in [5.74, 6) is -1.48. The van der Waals surface area contributed by atoms with Gasteiger partial charge in [-0.15, -0.1) is 0 Å². The van der Waals surface area contributed by atoms with Crippen molar-refractivity contribution in [1.82, 2.24) is 9.55 Å². The lowest BCUT2D eigenvalue weighted by Gasteiger charge is -2.33. The summed E-state index contributed by atoms with van der Waals surface area (Å²) in [6.45, 7) is 3.99. The first-order chi connectivity index (χ1) is 11.5. The highest BCUT2D eigenvalue weighted by molar-refractivity contribution is 5.69. The molecule has 5 atom stereocenters. The van der Waals surface area contributed by atoms with Gasteiger partial charge in [0.2, 0.25) is 0 Å². The Morgan fingerprint density at radius 3 is 2.68 bits per heavy atom. The van der Waals surface area contributed by atoms with Gasteiger partial charge in [0.1, 0.15) is 5.60 Å². The predicted octanol–water partition coefficient (Wildman–Crippen LogP) is 0.804. The molecule has 3 N–H and O–H groups in total. The first-order valence-electron chi connectivity index (χ1n) is 8.09. The number of hydrogen-bond donors (Lipinski definition) is 3. The fourth-order valence-corrected chi connectivity index (χ4v) is 3.00. The summed E-state index contributed by atoms with van der Waals surface area (Å²) in [5.41, 5.74) is -5.64. The lowest BCUT2D eigenvalue weighted by Crippen LogP contribution is -2.52. The van der Waals surface area contributed by atoms with Gasteiger partial charge < -0.3 is 14.9 Å². The Morgan fingerprint density at radius 1 is 1.48 bits per heavy atom. The molecule has 2 heterocycles. The van der Waals surface area contributed by atoms with Crippen molar-refractivity contribution in [3.05, 3.63) is 33.1 Å². The number of alkyl halides is 1. The number of hydrogen-bond acceptors (Lipinski definition) is 5. The third kappa shape index (κ3) is 3.52. The maximum Gasteiger partial charge on any atom is 0.330 e. The zero-order chi connectivity index (χ0) is 19.0. The molecule has 0 amide bonds. The van der Waals surface area contributed by atoms with E-state index < -0.39 is 46.7 Å². The summed E-state index contributed by atoms with van der Waals surface area (Å²) in [4.78, 5) is 36.0. The molecule has 0 bridgehead atoms. The molecule has 8 nitrogen and oxygen atoms in total. The zero-order valence-electron chi connectivity index (χ0n) is 14.4. The predicted molar refractivity (Wildman–Crippen MR) is 86.0 cm³/mol. The van der Waals surface area contributed by atoms with Gasteiger partial charge in [0, 0.05) is 12.3 Å². The van der Waals surface area contributed by atoms with E-state index in [1.54, 1.807) is 6.92 Å². The Kier molecular flexibility index (Phi) is 5.19. The van der Waals surface area contributed by atoms with Crippen molar-refractivity contribution in [2.45, 2.75) is 63.6 Å². The number of aliphatic hydroxyl groups is 1. The summed E-state index contributed by atoms with van der Waals surface area (Å²) in [6, 6.07) is 1.07. The number of aliphatic carboxylic acids is 1. The molecule has 1 aromatic heterocycles. The van der Waals surface area contributed by atoms with Crippen LogP contribution in [0.15, 0.2) is 21.9 Å². The molecule has 1 unspecified atom stereocenters. The van der Waals surface area contributed by atoms with E-state index in [2.05, 4.69) is 0 Å². The van der Waals surface area contributed by atoms with Gasteiger partial charge in [0.15, 0.2) is 11.9 Å². The highest BCUT2D eigenvalue weighted by atomic mass is 19.1. The van der Waals surface area contributed by atoms with Crippen LogP contribution in [0.2, 0.25) is 0 Å². The minimum Gasteiger partial charge on any atom is -0.481 e. The molecule has 1 fully saturated rings. The van der Waals surface area contributed by atoms with Crippen LogP contribution in [0.3, 0.4) is 0 Å². The second-order valence-electron chi connectivity index (χ2n) is 6.89. The molecule has 1 aliphatic rings. The van der Waals surface area contributed by atoms with Crippen LogP contribution in [0.5, 0.6) is 0 Å². The standard InChI is InChI=1S/C16H23FN2O6/c1-9(12(21)22)5-4-6-10-16(3,24)15(2,17)13(25-10)19-8-7-11(20)18-14(19)23/h7-10,13,24H,4-6H2,1-3H3,(H,21,22)(H,18,20,23)/t9?,10-,13-,15+,16+/m1/s1. The van der Waals surface area contributed by atoms with E-state index in [1.807, 2.05) is 4.98 Å². The number of carboxylic acids is 1. The van der Waals surface area contributed by atoms with Crippen molar-refractivity contribution >= 4 is 5.97 Å². The number of halogens is 1. The van der Waals surface area contributed by atoms with E-state index in [0.29, 0.717) is 12.8 Å². The lowest BCUT2D eigenvalue weighted by molar-refractivity contribution is -0.141. The minimum absolute atomic E-state index is 0.235. The molecule has 0 aromatic carbocycles. The Labute approximate surface area is 143 Å². The highest BCUT2D eigenvalue weighted by Crippen LogP contribution is 2.48. The number of carboxylic acid groups (broad SMARTS) is 1.